The first-order valence-electron chi connectivity index (χ1n) is 9.95. The summed E-state index contributed by atoms with van der Waals surface area (Å²) < 4.78 is 55.1. The van der Waals surface area contributed by atoms with Crippen molar-refractivity contribution in [1.29, 1.82) is 0 Å². The second-order valence-corrected chi connectivity index (χ2v) is 7.47. The maximum Gasteiger partial charge on any atom is 0.416 e. The van der Waals surface area contributed by atoms with E-state index >= 15 is 0 Å². The van der Waals surface area contributed by atoms with Crippen LogP contribution in [0, 0.1) is 19.7 Å². The lowest BCUT2D eigenvalue weighted by Gasteiger charge is -2.14. The second kappa shape index (κ2) is 8.58. The largest absolute Gasteiger partial charge is 0.416 e. The van der Waals surface area contributed by atoms with Crippen LogP contribution in [0.2, 0.25) is 0 Å². The summed E-state index contributed by atoms with van der Waals surface area (Å²) in [5, 5.41) is 10.8. The van der Waals surface area contributed by atoms with Crippen LogP contribution in [0.5, 0.6) is 0 Å². The van der Waals surface area contributed by atoms with Gasteiger partial charge in [-0.25, -0.2) is 13.8 Å². The number of nitrogens with one attached hydrogen (secondary N) is 1. The van der Waals surface area contributed by atoms with Gasteiger partial charge in [0.2, 0.25) is 5.43 Å². The van der Waals surface area contributed by atoms with E-state index in [1.807, 2.05) is 0 Å². The van der Waals surface area contributed by atoms with Crippen LogP contribution in [0.15, 0.2) is 65.5 Å². The molecule has 0 saturated heterocycles. The quantitative estimate of drug-likeness (QED) is 0.446. The molecule has 7 nitrogen and oxygen atoms in total. The molecule has 4 rings (SSSR count). The molecule has 34 heavy (non-hydrogen) atoms. The standard InChI is InChI=1S/C23H17F4N5O2/c1-13-10-20(32(29-13)17-8-6-16(24)7-9-17)28-22(34)21-19(33)11-14(2)31(30-21)18-5-3-4-15(12-18)23(25,26)27/h3-12H,1-2H3,(H,28,34). The van der Waals surface area contributed by atoms with Gasteiger partial charge in [0.05, 0.1) is 22.6 Å². The number of hydrogen-bond donors (Lipinski definition) is 1. The molecule has 11 heteroatoms. The van der Waals surface area contributed by atoms with E-state index in [-0.39, 0.29) is 17.2 Å². The minimum Gasteiger partial charge on any atom is -0.305 e. The molecule has 0 radical (unpaired) electrons. The van der Waals surface area contributed by atoms with Gasteiger partial charge in [-0.1, -0.05) is 6.07 Å². The average molecular weight is 471 g/mol. The molecule has 2 aromatic carbocycles. The summed E-state index contributed by atoms with van der Waals surface area (Å²) in [7, 11) is 0. The highest BCUT2D eigenvalue weighted by Crippen LogP contribution is 2.30. The summed E-state index contributed by atoms with van der Waals surface area (Å²) >= 11 is 0. The van der Waals surface area contributed by atoms with Gasteiger partial charge in [0.1, 0.15) is 11.6 Å². The zero-order valence-corrected chi connectivity index (χ0v) is 17.9. The molecule has 4 aromatic rings. The Morgan fingerprint density at radius 2 is 1.62 bits per heavy atom. The van der Waals surface area contributed by atoms with E-state index in [2.05, 4.69) is 15.5 Å². The number of aryl methyl sites for hydroxylation is 2. The Morgan fingerprint density at radius 3 is 2.29 bits per heavy atom. The molecule has 0 fully saturated rings. The van der Waals surface area contributed by atoms with E-state index < -0.39 is 34.6 Å². The van der Waals surface area contributed by atoms with Gasteiger partial charge in [0, 0.05) is 17.8 Å². The van der Waals surface area contributed by atoms with E-state index in [1.54, 1.807) is 13.0 Å². The first-order chi connectivity index (χ1) is 16.0. The van der Waals surface area contributed by atoms with Crippen molar-refractivity contribution in [1.82, 2.24) is 19.6 Å². The molecule has 0 spiro atoms. The van der Waals surface area contributed by atoms with E-state index in [1.165, 1.54) is 48.0 Å². The van der Waals surface area contributed by atoms with Crippen molar-refractivity contribution in [3.63, 3.8) is 0 Å². The van der Waals surface area contributed by atoms with Crippen molar-refractivity contribution in [2.45, 2.75) is 20.0 Å². The highest BCUT2D eigenvalue weighted by Gasteiger charge is 2.30. The molecule has 1 N–H and O–H groups in total. The smallest absolute Gasteiger partial charge is 0.305 e. The number of amides is 1. The molecular weight excluding hydrogens is 454 g/mol. The second-order valence-electron chi connectivity index (χ2n) is 7.47. The fraction of sp³-hybridized carbons (Fsp3) is 0.130. The minimum absolute atomic E-state index is 0.0357. The molecule has 0 unspecified atom stereocenters. The van der Waals surface area contributed by atoms with Crippen LogP contribution in [0.25, 0.3) is 11.4 Å². The van der Waals surface area contributed by atoms with Crippen molar-refractivity contribution in [2.75, 3.05) is 5.32 Å². The number of carbonyl (C=O) groups excluding carboxylic acids is 1. The zero-order valence-electron chi connectivity index (χ0n) is 17.9. The van der Waals surface area contributed by atoms with Crippen LogP contribution in [0.3, 0.4) is 0 Å². The number of benzene rings is 2. The lowest BCUT2D eigenvalue weighted by Crippen LogP contribution is -2.27. The van der Waals surface area contributed by atoms with Crippen LogP contribution in [0.4, 0.5) is 23.4 Å². The molecule has 0 aliphatic rings. The third-order valence-corrected chi connectivity index (χ3v) is 4.88. The normalized spacial score (nSPS) is 11.5. The average Bonchev–Trinajstić information content (AvgIpc) is 3.13. The van der Waals surface area contributed by atoms with Gasteiger partial charge in [-0.2, -0.15) is 23.4 Å². The monoisotopic (exact) mass is 471 g/mol. The van der Waals surface area contributed by atoms with Gasteiger partial charge in [-0.3, -0.25) is 9.59 Å². The number of aromatic nitrogens is 4. The summed E-state index contributed by atoms with van der Waals surface area (Å²) in [5.74, 6) is -1.13. The predicted molar refractivity (Wildman–Crippen MR) is 116 cm³/mol. The Balaban J connectivity index is 1.71. The van der Waals surface area contributed by atoms with Crippen LogP contribution in [-0.4, -0.2) is 25.5 Å². The lowest BCUT2D eigenvalue weighted by atomic mass is 10.2. The van der Waals surface area contributed by atoms with Crippen LogP contribution >= 0.6 is 0 Å². The molecule has 0 bridgehead atoms. The fourth-order valence-corrected chi connectivity index (χ4v) is 3.32. The van der Waals surface area contributed by atoms with Crippen LogP contribution in [-0.2, 0) is 6.18 Å². The number of alkyl halides is 3. The summed E-state index contributed by atoms with van der Waals surface area (Å²) in [4.78, 5) is 25.4. The molecule has 174 valence electrons. The van der Waals surface area contributed by atoms with Gasteiger partial charge >= 0.3 is 6.18 Å². The summed E-state index contributed by atoms with van der Waals surface area (Å²) in [5.41, 5.74) is -0.840. The van der Waals surface area contributed by atoms with E-state index in [0.29, 0.717) is 11.4 Å². The molecule has 0 atom stereocenters. The Morgan fingerprint density at radius 1 is 0.912 bits per heavy atom. The third kappa shape index (κ3) is 4.58. The molecule has 0 saturated carbocycles. The number of carbonyl (C=O) groups is 1. The predicted octanol–water partition coefficient (Wildman–Crippen LogP) is 4.45. The van der Waals surface area contributed by atoms with E-state index in [0.717, 1.165) is 22.9 Å². The summed E-state index contributed by atoms with van der Waals surface area (Å²) in [6.45, 7) is 3.17. The third-order valence-electron chi connectivity index (χ3n) is 4.88. The Hall–Kier alpha value is -4.28. The van der Waals surface area contributed by atoms with Gasteiger partial charge in [0.25, 0.3) is 5.91 Å². The van der Waals surface area contributed by atoms with Gasteiger partial charge < -0.3 is 5.32 Å². The number of halogens is 4. The lowest BCUT2D eigenvalue weighted by molar-refractivity contribution is -0.137. The number of hydrogen-bond acceptors (Lipinski definition) is 4. The van der Waals surface area contributed by atoms with Gasteiger partial charge in [0.15, 0.2) is 5.69 Å². The van der Waals surface area contributed by atoms with Gasteiger partial charge in [-0.05, 0) is 56.3 Å². The van der Waals surface area contributed by atoms with Crippen LogP contribution < -0.4 is 10.7 Å². The minimum atomic E-state index is -4.57. The Labute approximate surface area is 190 Å². The molecular formula is C23H17F4N5O2. The van der Waals surface area contributed by atoms with E-state index in [9.17, 15) is 27.2 Å². The molecule has 0 aliphatic carbocycles. The molecule has 0 aliphatic heterocycles. The summed E-state index contributed by atoms with van der Waals surface area (Å²) in [6.07, 6.45) is -4.57. The highest BCUT2D eigenvalue weighted by atomic mass is 19.4. The topological polar surface area (TPSA) is 81.8 Å². The first-order valence-corrected chi connectivity index (χ1v) is 9.95. The van der Waals surface area contributed by atoms with Crippen molar-refractivity contribution in [2.24, 2.45) is 0 Å². The Bertz CT molecular complexity index is 1440. The number of nitrogens with zero attached hydrogens (tertiary/aromatic N) is 4. The number of anilines is 1. The van der Waals surface area contributed by atoms with Crippen LogP contribution in [0.1, 0.15) is 27.4 Å². The SMILES string of the molecule is Cc1cc(NC(=O)c2nn(-c3cccc(C(F)(F)F)c3)c(C)cc2=O)n(-c2ccc(F)cc2)n1. The first kappa shape index (κ1) is 22.9. The fourth-order valence-electron chi connectivity index (χ4n) is 3.32. The maximum absolute atomic E-state index is 13.3. The molecule has 1 amide bonds. The zero-order chi connectivity index (χ0) is 24.6. The van der Waals surface area contributed by atoms with E-state index in [4.69, 9.17) is 0 Å². The summed E-state index contributed by atoms with van der Waals surface area (Å²) in [6, 6.07) is 12.4. The Kier molecular flexibility index (Phi) is 5.78. The van der Waals surface area contributed by atoms with Crippen molar-refractivity contribution in [3.05, 3.63) is 99.3 Å². The van der Waals surface area contributed by atoms with Crippen molar-refractivity contribution >= 4 is 11.7 Å². The van der Waals surface area contributed by atoms with Crippen molar-refractivity contribution in [3.8, 4) is 11.4 Å². The molecule has 2 heterocycles. The maximum atomic E-state index is 13.3. The molecule has 2 aromatic heterocycles. The van der Waals surface area contributed by atoms with Crippen molar-refractivity contribution < 1.29 is 22.4 Å². The van der Waals surface area contributed by atoms with Gasteiger partial charge in [-0.15, -0.1) is 0 Å². The number of rotatable bonds is 4. The highest BCUT2D eigenvalue weighted by molar-refractivity contribution is 6.02.